The van der Waals surface area contributed by atoms with Crippen LogP contribution in [0.1, 0.15) is 39.2 Å². The summed E-state index contributed by atoms with van der Waals surface area (Å²) < 4.78 is 0. The number of hydrogen-bond acceptors (Lipinski definition) is 2. The molecule has 1 aromatic rings. The monoisotopic (exact) mass is 234 g/mol. The summed E-state index contributed by atoms with van der Waals surface area (Å²) in [6.45, 7) is 7.49. The number of rotatable bonds is 6. The molecule has 0 amide bonds. The second-order valence-electron chi connectivity index (χ2n) is 5.34. The smallest absolute Gasteiger partial charge is 0.0509 e. The lowest BCUT2D eigenvalue weighted by Crippen LogP contribution is -2.46. The summed E-state index contributed by atoms with van der Waals surface area (Å²) in [6, 6.07) is 10.9. The summed E-state index contributed by atoms with van der Waals surface area (Å²) >= 11 is 0. The molecule has 0 radical (unpaired) electrons. The fourth-order valence-corrected chi connectivity index (χ4v) is 2.22. The summed E-state index contributed by atoms with van der Waals surface area (Å²) in [5.41, 5.74) is 7.36. The van der Waals surface area contributed by atoms with Crippen LogP contribution in [0.2, 0.25) is 0 Å². The van der Waals surface area contributed by atoms with Crippen LogP contribution in [0, 0.1) is 0 Å². The van der Waals surface area contributed by atoms with Gasteiger partial charge in [0.05, 0.1) is 5.54 Å². The van der Waals surface area contributed by atoms with Crippen molar-refractivity contribution in [3.8, 4) is 0 Å². The van der Waals surface area contributed by atoms with Gasteiger partial charge in [0.25, 0.3) is 0 Å². The van der Waals surface area contributed by atoms with Gasteiger partial charge < -0.3 is 10.6 Å². The first-order valence-electron chi connectivity index (χ1n) is 6.52. The summed E-state index contributed by atoms with van der Waals surface area (Å²) in [7, 11) is 2.16. The molecule has 0 aliphatic carbocycles. The van der Waals surface area contributed by atoms with Crippen molar-refractivity contribution < 1.29 is 0 Å². The van der Waals surface area contributed by atoms with Gasteiger partial charge >= 0.3 is 0 Å². The largest absolute Gasteiger partial charge is 0.321 e. The van der Waals surface area contributed by atoms with E-state index in [9.17, 15) is 0 Å². The topological polar surface area (TPSA) is 29.3 Å². The molecule has 17 heavy (non-hydrogen) atoms. The quantitative estimate of drug-likeness (QED) is 0.820. The number of nitrogens with two attached hydrogens (primary N) is 1. The highest BCUT2D eigenvalue weighted by atomic mass is 15.1. The molecule has 1 aromatic carbocycles. The van der Waals surface area contributed by atoms with E-state index >= 15 is 0 Å². The van der Waals surface area contributed by atoms with Crippen LogP contribution >= 0.6 is 0 Å². The van der Waals surface area contributed by atoms with E-state index in [-0.39, 0.29) is 5.54 Å². The zero-order valence-corrected chi connectivity index (χ0v) is 11.6. The lowest BCUT2D eigenvalue weighted by Gasteiger charge is -2.34. The fraction of sp³-hybridized carbons (Fsp3) is 0.600. The molecule has 2 atom stereocenters. The Kier molecular flexibility index (Phi) is 5.16. The molecule has 0 bridgehead atoms. The third-order valence-corrected chi connectivity index (χ3v) is 3.47. The van der Waals surface area contributed by atoms with Crippen LogP contribution in [0.4, 0.5) is 0 Å². The van der Waals surface area contributed by atoms with Gasteiger partial charge in [-0.05, 0) is 32.9 Å². The van der Waals surface area contributed by atoms with Crippen LogP contribution in [0.3, 0.4) is 0 Å². The zero-order valence-electron chi connectivity index (χ0n) is 11.6. The number of likely N-dealkylation sites (N-methyl/N-ethyl adjacent to an activating group) is 1. The van der Waals surface area contributed by atoms with Crippen molar-refractivity contribution in [2.45, 2.75) is 45.2 Å². The van der Waals surface area contributed by atoms with Gasteiger partial charge in [0.2, 0.25) is 0 Å². The Labute approximate surface area is 106 Å². The molecule has 2 nitrogen and oxygen atoms in total. The molecule has 96 valence electrons. The van der Waals surface area contributed by atoms with E-state index < -0.39 is 0 Å². The maximum Gasteiger partial charge on any atom is 0.0509 e. The molecule has 0 saturated carbocycles. The van der Waals surface area contributed by atoms with Crippen LogP contribution in [-0.2, 0) is 5.54 Å². The van der Waals surface area contributed by atoms with Gasteiger partial charge in [0.15, 0.2) is 0 Å². The average Bonchev–Trinajstić information content (AvgIpc) is 2.30. The molecule has 2 unspecified atom stereocenters. The van der Waals surface area contributed by atoms with E-state index in [0.717, 1.165) is 6.54 Å². The Bertz CT molecular complexity index is 319. The standard InChI is InChI=1S/C15H26N2/c1-5-9-13(2)17(4)12-15(3,16)14-10-7-6-8-11-14/h6-8,10-11,13H,5,9,12,16H2,1-4H3. The Hall–Kier alpha value is -0.860. The normalized spacial score (nSPS) is 16.8. The second-order valence-corrected chi connectivity index (χ2v) is 5.34. The summed E-state index contributed by atoms with van der Waals surface area (Å²) in [5, 5.41) is 0. The van der Waals surface area contributed by atoms with E-state index in [1.807, 2.05) is 6.07 Å². The Morgan fingerprint density at radius 3 is 2.41 bits per heavy atom. The minimum Gasteiger partial charge on any atom is -0.321 e. The maximum absolute atomic E-state index is 6.43. The highest BCUT2D eigenvalue weighted by Crippen LogP contribution is 2.19. The molecule has 0 fully saturated rings. The van der Waals surface area contributed by atoms with Crippen LogP contribution in [-0.4, -0.2) is 24.5 Å². The minimum absolute atomic E-state index is 0.280. The fourth-order valence-electron chi connectivity index (χ4n) is 2.22. The zero-order chi connectivity index (χ0) is 12.9. The molecular weight excluding hydrogens is 208 g/mol. The van der Waals surface area contributed by atoms with E-state index in [1.165, 1.54) is 18.4 Å². The van der Waals surface area contributed by atoms with Gasteiger partial charge in [-0.25, -0.2) is 0 Å². The van der Waals surface area contributed by atoms with Crippen molar-refractivity contribution >= 4 is 0 Å². The minimum atomic E-state index is -0.280. The second kappa shape index (κ2) is 6.18. The predicted octanol–water partition coefficient (Wildman–Crippen LogP) is 2.98. The third-order valence-electron chi connectivity index (χ3n) is 3.47. The highest BCUT2D eigenvalue weighted by Gasteiger charge is 2.24. The van der Waals surface area contributed by atoms with Gasteiger partial charge in [0.1, 0.15) is 0 Å². The van der Waals surface area contributed by atoms with E-state index in [2.05, 4.69) is 57.0 Å². The molecule has 1 rings (SSSR count). The lowest BCUT2D eigenvalue weighted by molar-refractivity contribution is 0.197. The Morgan fingerprint density at radius 1 is 1.29 bits per heavy atom. The highest BCUT2D eigenvalue weighted by molar-refractivity contribution is 5.23. The van der Waals surface area contributed by atoms with Gasteiger partial charge in [-0.1, -0.05) is 43.7 Å². The molecule has 0 saturated heterocycles. The van der Waals surface area contributed by atoms with Gasteiger partial charge in [0, 0.05) is 12.6 Å². The number of hydrogen-bond donors (Lipinski definition) is 1. The molecule has 0 aromatic heterocycles. The van der Waals surface area contributed by atoms with Crippen LogP contribution in [0.5, 0.6) is 0 Å². The average molecular weight is 234 g/mol. The van der Waals surface area contributed by atoms with Gasteiger partial charge in [-0.3, -0.25) is 0 Å². The first-order chi connectivity index (χ1) is 7.97. The van der Waals surface area contributed by atoms with Crippen molar-refractivity contribution in [3.05, 3.63) is 35.9 Å². The first-order valence-corrected chi connectivity index (χ1v) is 6.52. The maximum atomic E-state index is 6.43. The van der Waals surface area contributed by atoms with Crippen molar-refractivity contribution in [1.29, 1.82) is 0 Å². The van der Waals surface area contributed by atoms with Crippen molar-refractivity contribution in [1.82, 2.24) is 4.90 Å². The molecular formula is C15H26N2. The number of benzene rings is 1. The van der Waals surface area contributed by atoms with Crippen molar-refractivity contribution in [2.75, 3.05) is 13.6 Å². The van der Waals surface area contributed by atoms with E-state index in [1.54, 1.807) is 0 Å². The van der Waals surface area contributed by atoms with Crippen LogP contribution < -0.4 is 5.73 Å². The molecule has 2 N–H and O–H groups in total. The molecule has 0 spiro atoms. The third kappa shape index (κ3) is 4.14. The molecule has 0 heterocycles. The Morgan fingerprint density at radius 2 is 1.88 bits per heavy atom. The van der Waals surface area contributed by atoms with Gasteiger partial charge in [-0.15, -0.1) is 0 Å². The molecule has 0 aliphatic rings. The van der Waals surface area contributed by atoms with Crippen molar-refractivity contribution in [2.24, 2.45) is 5.73 Å². The van der Waals surface area contributed by atoms with Crippen LogP contribution in [0.15, 0.2) is 30.3 Å². The first kappa shape index (κ1) is 14.2. The van der Waals surface area contributed by atoms with Crippen molar-refractivity contribution in [3.63, 3.8) is 0 Å². The lowest BCUT2D eigenvalue weighted by atomic mass is 9.92. The molecule has 2 heteroatoms. The van der Waals surface area contributed by atoms with E-state index in [4.69, 9.17) is 5.73 Å². The molecule has 0 aliphatic heterocycles. The van der Waals surface area contributed by atoms with Crippen LogP contribution in [0.25, 0.3) is 0 Å². The summed E-state index contributed by atoms with van der Waals surface area (Å²) in [5.74, 6) is 0. The van der Waals surface area contributed by atoms with E-state index in [0.29, 0.717) is 6.04 Å². The summed E-state index contributed by atoms with van der Waals surface area (Å²) in [6.07, 6.45) is 2.44. The number of nitrogens with zero attached hydrogens (tertiary/aromatic N) is 1. The Balaban J connectivity index is 2.66. The van der Waals surface area contributed by atoms with Gasteiger partial charge in [-0.2, -0.15) is 0 Å². The summed E-state index contributed by atoms with van der Waals surface area (Å²) in [4.78, 5) is 2.36. The predicted molar refractivity (Wildman–Crippen MR) is 75.0 cm³/mol. The SMILES string of the molecule is CCCC(C)N(C)CC(C)(N)c1ccccc1.